The van der Waals surface area contributed by atoms with Gasteiger partial charge in [0.05, 0.1) is 12.1 Å². The number of benzene rings is 2. The molecular formula is C16H15BrClIO2. The van der Waals surface area contributed by atoms with E-state index in [1.54, 1.807) is 13.2 Å². The van der Waals surface area contributed by atoms with Crippen LogP contribution in [0.15, 0.2) is 28.7 Å². The van der Waals surface area contributed by atoms with Gasteiger partial charge in [-0.25, -0.2) is 0 Å². The molecule has 1 atom stereocenters. The zero-order valence-corrected chi connectivity index (χ0v) is 16.4. The normalized spacial score (nSPS) is 12.3. The van der Waals surface area contributed by atoms with Crippen molar-refractivity contribution in [1.29, 1.82) is 0 Å². The van der Waals surface area contributed by atoms with E-state index in [1.807, 2.05) is 32.0 Å². The second-order valence-corrected chi connectivity index (χ2v) is 7.25. The summed E-state index contributed by atoms with van der Waals surface area (Å²) in [5.74, 6) is 0.706. The van der Waals surface area contributed by atoms with Crippen LogP contribution < -0.4 is 4.74 Å². The summed E-state index contributed by atoms with van der Waals surface area (Å²) in [4.78, 5) is 0. The standard InChI is InChI=1S/C16H15BrClIO2/c1-8-6-11(17)9(2)14(16(8)21-3)15(20)10-4-5-13(19)12(18)7-10/h4-7,15,20H,1-3H3. The van der Waals surface area contributed by atoms with Gasteiger partial charge >= 0.3 is 0 Å². The minimum Gasteiger partial charge on any atom is -0.496 e. The molecule has 112 valence electrons. The number of aliphatic hydroxyl groups excluding tert-OH is 1. The molecule has 0 spiro atoms. The van der Waals surface area contributed by atoms with E-state index >= 15 is 0 Å². The third-order valence-corrected chi connectivity index (χ3v) is 5.84. The van der Waals surface area contributed by atoms with Crippen LogP contribution in [0, 0.1) is 17.4 Å². The van der Waals surface area contributed by atoms with Crippen molar-refractivity contribution in [3.8, 4) is 5.75 Å². The van der Waals surface area contributed by atoms with Crippen LogP contribution in [-0.4, -0.2) is 12.2 Å². The Labute approximate surface area is 151 Å². The molecule has 0 aliphatic carbocycles. The minimum atomic E-state index is -0.786. The third kappa shape index (κ3) is 3.38. The number of ether oxygens (including phenoxy) is 1. The fourth-order valence-electron chi connectivity index (χ4n) is 2.32. The zero-order valence-electron chi connectivity index (χ0n) is 11.9. The summed E-state index contributed by atoms with van der Waals surface area (Å²) in [7, 11) is 1.62. The molecule has 1 N–H and O–H groups in total. The van der Waals surface area contributed by atoms with Gasteiger partial charge in [-0.05, 0) is 71.3 Å². The van der Waals surface area contributed by atoms with Gasteiger partial charge in [0.15, 0.2) is 0 Å². The topological polar surface area (TPSA) is 29.5 Å². The molecule has 0 aliphatic rings. The quantitative estimate of drug-likeness (QED) is 0.594. The first-order valence-corrected chi connectivity index (χ1v) is 8.58. The SMILES string of the molecule is COc1c(C)cc(Br)c(C)c1C(O)c1ccc(I)c(Cl)c1. The van der Waals surface area contributed by atoms with Crippen molar-refractivity contribution in [3.05, 3.63) is 59.6 Å². The fourth-order valence-corrected chi connectivity index (χ4v) is 3.41. The van der Waals surface area contributed by atoms with E-state index in [1.165, 1.54) is 0 Å². The van der Waals surface area contributed by atoms with Crippen LogP contribution in [0.1, 0.15) is 28.4 Å². The highest BCUT2D eigenvalue weighted by Gasteiger charge is 2.22. The van der Waals surface area contributed by atoms with E-state index in [0.717, 1.165) is 30.3 Å². The molecule has 2 aromatic rings. The Morgan fingerprint density at radius 1 is 1.29 bits per heavy atom. The average Bonchev–Trinajstić information content (AvgIpc) is 2.44. The van der Waals surface area contributed by atoms with Crippen molar-refractivity contribution in [3.63, 3.8) is 0 Å². The second kappa shape index (κ2) is 6.86. The Kier molecular flexibility index (Phi) is 5.57. The number of methoxy groups -OCH3 is 1. The maximum atomic E-state index is 10.8. The summed E-state index contributed by atoms with van der Waals surface area (Å²) in [6.45, 7) is 3.92. The van der Waals surface area contributed by atoms with E-state index < -0.39 is 6.10 Å². The molecule has 2 rings (SSSR count). The highest BCUT2D eigenvalue weighted by Crippen LogP contribution is 2.39. The van der Waals surface area contributed by atoms with Gasteiger partial charge in [0.25, 0.3) is 0 Å². The molecule has 21 heavy (non-hydrogen) atoms. The summed E-state index contributed by atoms with van der Waals surface area (Å²) >= 11 is 11.9. The van der Waals surface area contributed by atoms with E-state index in [-0.39, 0.29) is 0 Å². The Morgan fingerprint density at radius 3 is 2.52 bits per heavy atom. The van der Waals surface area contributed by atoms with Crippen LogP contribution in [0.2, 0.25) is 5.02 Å². The van der Waals surface area contributed by atoms with Crippen molar-refractivity contribution < 1.29 is 9.84 Å². The number of halogens is 3. The largest absolute Gasteiger partial charge is 0.496 e. The number of aliphatic hydroxyl groups is 1. The Bertz CT molecular complexity index is 688. The maximum absolute atomic E-state index is 10.8. The zero-order chi connectivity index (χ0) is 15.7. The van der Waals surface area contributed by atoms with Gasteiger partial charge in [0.1, 0.15) is 11.9 Å². The highest BCUT2D eigenvalue weighted by atomic mass is 127. The fraction of sp³-hybridized carbons (Fsp3) is 0.250. The third-order valence-electron chi connectivity index (χ3n) is 3.45. The highest BCUT2D eigenvalue weighted by molar-refractivity contribution is 14.1. The molecule has 0 fully saturated rings. The molecule has 0 amide bonds. The summed E-state index contributed by atoms with van der Waals surface area (Å²) in [5, 5.41) is 11.4. The molecule has 5 heteroatoms. The van der Waals surface area contributed by atoms with Crippen molar-refractivity contribution in [2.45, 2.75) is 20.0 Å². The van der Waals surface area contributed by atoms with Crippen LogP contribution in [0.25, 0.3) is 0 Å². The summed E-state index contributed by atoms with van der Waals surface area (Å²) < 4.78 is 7.40. The van der Waals surface area contributed by atoms with Crippen molar-refractivity contribution in [1.82, 2.24) is 0 Å². The van der Waals surface area contributed by atoms with E-state index in [2.05, 4.69) is 38.5 Å². The number of hydrogen-bond donors (Lipinski definition) is 1. The van der Waals surface area contributed by atoms with Crippen LogP contribution in [0.3, 0.4) is 0 Å². The number of hydrogen-bond acceptors (Lipinski definition) is 2. The predicted octanol–water partition coefficient (Wildman–Crippen LogP) is 5.41. The first-order valence-electron chi connectivity index (χ1n) is 6.33. The molecule has 2 aromatic carbocycles. The molecule has 1 unspecified atom stereocenters. The first kappa shape index (κ1) is 17.1. The van der Waals surface area contributed by atoms with Crippen molar-refractivity contribution in [2.75, 3.05) is 7.11 Å². The number of aryl methyl sites for hydroxylation is 1. The molecule has 0 aliphatic heterocycles. The molecule has 0 bridgehead atoms. The van der Waals surface area contributed by atoms with Crippen LogP contribution >= 0.6 is 50.1 Å². The van der Waals surface area contributed by atoms with Crippen molar-refractivity contribution in [2.24, 2.45) is 0 Å². The Morgan fingerprint density at radius 2 is 1.95 bits per heavy atom. The number of rotatable bonds is 3. The smallest absolute Gasteiger partial charge is 0.128 e. The predicted molar refractivity (Wildman–Crippen MR) is 98.4 cm³/mol. The molecule has 0 saturated heterocycles. The lowest BCUT2D eigenvalue weighted by Crippen LogP contribution is -2.07. The Balaban J connectivity index is 2.62. The lowest BCUT2D eigenvalue weighted by atomic mass is 9.94. The van der Waals surface area contributed by atoms with E-state index in [9.17, 15) is 5.11 Å². The molecule has 0 saturated carbocycles. The Hall–Kier alpha value is -0.300. The van der Waals surface area contributed by atoms with E-state index in [0.29, 0.717) is 10.8 Å². The van der Waals surface area contributed by atoms with Gasteiger partial charge in [-0.1, -0.05) is 33.6 Å². The van der Waals surface area contributed by atoms with Crippen LogP contribution in [-0.2, 0) is 0 Å². The van der Waals surface area contributed by atoms with Gasteiger partial charge in [-0.15, -0.1) is 0 Å². The lowest BCUT2D eigenvalue weighted by molar-refractivity contribution is 0.213. The molecule has 0 radical (unpaired) electrons. The van der Waals surface area contributed by atoms with Crippen molar-refractivity contribution >= 4 is 50.1 Å². The van der Waals surface area contributed by atoms with E-state index in [4.69, 9.17) is 16.3 Å². The minimum absolute atomic E-state index is 0.635. The second-order valence-electron chi connectivity index (χ2n) is 4.82. The summed E-state index contributed by atoms with van der Waals surface area (Å²) in [6, 6.07) is 7.57. The van der Waals surface area contributed by atoms with Gasteiger partial charge in [0.2, 0.25) is 0 Å². The first-order chi connectivity index (χ1) is 9.86. The molecule has 2 nitrogen and oxygen atoms in total. The van der Waals surface area contributed by atoms with Gasteiger partial charge < -0.3 is 9.84 Å². The average molecular weight is 482 g/mol. The van der Waals surface area contributed by atoms with Gasteiger partial charge in [-0.2, -0.15) is 0 Å². The molecular weight excluding hydrogens is 466 g/mol. The summed E-state index contributed by atoms with van der Waals surface area (Å²) in [6.07, 6.45) is -0.786. The lowest BCUT2D eigenvalue weighted by Gasteiger charge is -2.21. The van der Waals surface area contributed by atoms with Crippen LogP contribution in [0.4, 0.5) is 0 Å². The molecule has 0 heterocycles. The van der Waals surface area contributed by atoms with Crippen LogP contribution in [0.5, 0.6) is 5.75 Å². The van der Waals surface area contributed by atoms with Gasteiger partial charge in [-0.3, -0.25) is 0 Å². The summed E-state index contributed by atoms with van der Waals surface area (Å²) in [5.41, 5.74) is 3.45. The molecule has 0 aromatic heterocycles. The maximum Gasteiger partial charge on any atom is 0.128 e. The van der Waals surface area contributed by atoms with Gasteiger partial charge in [0, 0.05) is 13.6 Å². The monoisotopic (exact) mass is 480 g/mol.